The number of aryl methyl sites for hydroxylation is 1. The number of methoxy groups -OCH3 is 1. The predicted octanol–water partition coefficient (Wildman–Crippen LogP) is 4.91. The topological polar surface area (TPSA) is 57.2 Å². The Balaban J connectivity index is 1.51. The third kappa shape index (κ3) is 6.37. The van der Waals surface area contributed by atoms with E-state index < -0.39 is 0 Å². The first kappa shape index (κ1) is 24.8. The second-order valence-electron chi connectivity index (χ2n) is 6.85. The first-order valence-electron chi connectivity index (χ1n) is 9.88. The van der Waals surface area contributed by atoms with Gasteiger partial charge in [-0.15, -0.1) is 0 Å². The normalized spacial score (nSPS) is 14.9. The monoisotopic (exact) mass is 585 g/mol. The molecule has 1 heterocycles. The van der Waals surface area contributed by atoms with Crippen molar-refractivity contribution >= 4 is 62.9 Å². The number of thioether (sulfide) groups is 1. The van der Waals surface area contributed by atoms with E-state index in [-0.39, 0.29) is 5.91 Å². The number of carbonyl (C=O) groups excluding carboxylic acids is 1. The van der Waals surface area contributed by atoms with Gasteiger partial charge in [0.1, 0.15) is 23.3 Å². The van der Waals surface area contributed by atoms with Crippen LogP contribution in [-0.2, 0) is 9.53 Å². The van der Waals surface area contributed by atoms with Gasteiger partial charge in [0.05, 0.1) is 28.8 Å². The molecule has 1 aliphatic heterocycles. The Morgan fingerprint density at radius 2 is 1.81 bits per heavy atom. The van der Waals surface area contributed by atoms with E-state index in [1.54, 1.807) is 14.2 Å². The molecule has 0 aromatic heterocycles. The number of hydrogen-bond donors (Lipinski definition) is 0. The van der Waals surface area contributed by atoms with Gasteiger partial charge in [-0.05, 0) is 64.9 Å². The largest absolute Gasteiger partial charge is 0.493 e. The van der Waals surface area contributed by atoms with E-state index in [1.807, 2.05) is 49.4 Å². The lowest BCUT2D eigenvalue weighted by molar-refractivity contribution is -0.121. The van der Waals surface area contributed by atoms with Gasteiger partial charge in [-0.3, -0.25) is 9.69 Å². The van der Waals surface area contributed by atoms with Crippen molar-refractivity contribution in [2.24, 2.45) is 0 Å². The van der Waals surface area contributed by atoms with E-state index in [0.29, 0.717) is 47.2 Å². The average molecular weight is 585 g/mol. The standard InChI is InChI=1S/C23H24INO5S2/c1-15-6-4-5-7-18(15)29-10-8-28-9-11-30-21-17(24)12-16(13-19(21)27-3)14-20-22(26)25(2)23(31)32-20/h4-7,12-14H,8-11H2,1-3H3/b20-14-. The fourth-order valence-electron chi connectivity index (χ4n) is 2.89. The first-order valence-corrected chi connectivity index (χ1v) is 12.2. The van der Waals surface area contributed by atoms with Crippen LogP contribution in [0.25, 0.3) is 6.08 Å². The highest BCUT2D eigenvalue weighted by Crippen LogP contribution is 2.37. The van der Waals surface area contributed by atoms with E-state index in [2.05, 4.69) is 22.6 Å². The van der Waals surface area contributed by atoms with Crippen LogP contribution in [-0.4, -0.2) is 55.7 Å². The van der Waals surface area contributed by atoms with Gasteiger partial charge in [0.2, 0.25) is 0 Å². The van der Waals surface area contributed by atoms with Crippen molar-refractivity contribution in [3.8, 4) is 17.2 Å². The summed E-state index contributed by atoms with van der Waals surface area (Å²) in [7, 11) is 3.27. The Kier molecular flexibility index (Phi) is 9.21. The number of thiocarbonyl (C=S) groups is 1. The minimum Gasteiger partial charge on any atom is -0.493 e. The number of halogens is 1. The molecule has 170 valence electrons. The molecule has 0 unspecified atom stereocenters. The molecule has 1 fully saturated rings. The number of benzene rings is 2. The smallest absolute Gasteiger partial charge is 0.265 e. The maximum atomic E-state index is 12.2. The van der Waals surface area contributed by atoms with E-state index in [4.69, 9.17) is 31.2 Å². The van der Waals surface area contributed by atoms with Crippen LogP contribution in [0.3, 0.4) is 0 Å². The van der Waals surface area contributed by atoms with Crippen LogP contribution in [0.5, 0.6) is 17.2 Å². The van der Waals surface area contributed by atoms with Crippen LogP contribution < -0.4 is 14.2 Å². The molecule has 0 bridgehead atoms. The zero-order valence-corrected chi connectivity index (χ0v) is 21.8. The lowest BCUT2D eigenvalue weighted by Gasteiger charge is -2.14. The van der Waals surface area contributed by atoms with Gasteiger partial charge in [0.15, 0.2) is 11.5 Å². The highest BCUT2D eigenvalue weighted by atomic mass is 127. The van der Waals surface area contributed by atoms with Crippen molar-refractivity contribution < 1.29 is 23.7 Å². The predicted molar refractivity (Wildman–Crippen MR) is 140 cm³/mol. The molecule has 32 heavy (non-hydrogen) atoms. The molecule has 3 rings (SSSR count). The summed E-state index contributed by atoms with van der Waals surface area (Å²) in [5.41, 5.74) is 1.94. The maximum Gasteiger partial charge on any atom is 0.265 e. The molecule has 0 atom stereocenters. The molecule has 2 aromatic carbocycles. The van der Waals surface area contributed by atoms with Gasteiger partial charge in [-0.1, -0.05) is 42.2 Å². The summed E-state index contributed by atoms with van der Waals surface area (Å²) in [6, 6.07) is 11.7. The van der Waals surface area contributed by atoms with Crippen LogP contribution in [0.15, 0.2) is 41.3 Å². The number of likely N-dealkylation sites (N-methyl/N-ethyl adjacent to an activating group) is 1. The summed E-state index contributed by atoms with van der Waals surface area (Å²) in [5.74, 6) is 2.01. The lowest BCUT2D eigenvalue weighted by Crippen LogP contribution is -2.22. The Morgan fingerprint density at radius 3 is 2.47 bits per heavy atom. The molecule has 9 heteroatoms. The Labute approximate surface area is 211 Å². The molecule has 1 saturated heterocycles. The Hall–Kier alpha value is -1.82. The summed E-state index contributed by atoms with van der Waals surface area (Å²) in [4.78, 5) is 14.3. The number of nitrogens with zero attached hydrogens (tertiary/aromatic N) is 1. The van der Waals surface area contributed by atoms with E-state index in [9.17, 15) is 4.79 Å². The Bertz CT molecular complexity index is 1030. The fraction of sp³-hybridized carbons (Fsp3) is 0.304. The zero-order chi connectivity index (χ0) is 23.1. The van der Waals surface area contributed by atoms with Crippen LogP contribution >= 0.6 is 46.6 Å². The molecule has 0 aliphatic carbocycles. The number of hydrogen-bond acceptors (Lipinski definition) is 7. The fourth-order valence-corrected chi connectivity index (χ4v) is 4.85. The highest BCUT2D eigenvalue weighted by Gasteiger charge is 2.28. The van der Waals surface area contributed by atoms with Gasteiger partial charge in [0, 0.05) is 7.05 Å². The molecular weight excluding hydrogens is 561 g/mol. The number of carbonyl (C=O) groups is 1. The third-order valence-corrected chi connectivity index (χ3v) is 6.88. The average Bonchev–Trinajstić information content (AvgIpc) is 3.01. The van der Waals surface area contributed by atoms with Crippen molar-refractivity contribution in [3.05, 3.63) is 56.0 Å². The van der Waals surface area contributed by atoms with Gasteiger partial charge < -0.3 is 18.9 Å². The van der Waals surface area contributed by atoms with Crippen LogP contribution in [0.1, 0.15) is 11.1 Å². The van der Waals surface area contributed by atoms with Gasteiger partial charge in [0.25, 0.3) is 5.91 Å². The summed E-state index contributed by atoms with van der Waals surface area (Å²) in [5, 5.41) is 0. The molecule has 6 nitrogen and oxygen atoms in total. The van der Waals surface area contributed by atoms with Gasteiger partial charge in [-0.2, -0.15) is 0 Å². The molecule has 2 aromatic rings. The van der Waals surface area contributed by atoms with E-state index in [1.165, 1.54) is 16.7 Å². The third-order valence-electron chi connectivity index (χ3n) is 4.59. The SMILES string of the molecule is COc1cc(/C=C2\SC(=S)N(C)C2=O)cc(I)c1OCCOCCOc1ccccc1C. The van der Waals surface area contributed by atoms with Crippen molar-refractivity contribution in [2.75, 3.05) is 40.6 Å². The minimum absolute atomic E-state index is 0.0992. The molecule has 0 spiro atoms. The number of ether oxygens (including phenoxy) is 4. The molecule has 1 aliphatic rings. The second kappa shape index (κ2) is 11.9. The van der Waals surface area contributed by atoms with Crippen molar-refractivity contribution in [1.29, 1.82) is 0 Å². The number of rotatable bonds is 10. The zero-order valence-electron chi connectivity index (χ0n) is 18.1. The molecule has 1 amide bonds. The van der Waals surface area contributed by atoms with Crippen LogP contribution in [0.4, 0.5) is 0 Å². The van der Waals surface area contributed by atoms with Gasteiger partial charge >= 0.3 is 0 Å². The maximum absolute atomic E-state index is 12.2. The lowest BCUT2D eigenvalue weighted by atomic mass is 10.2. The van der Waals surface area contributed by atoms with Gasteiger partial charge in [-0.25, -0.2) is 0 Å². The molecule has 0 saturated carbocycles. The van der Waals surface area contributed by atoms with E-state index >= 15 is 0 Å². The quantitative estimate of drug-likeness (QED) is 0.170. The minimum atomic E-state index is -0.0992. The summed E-state index contributed by atoms with van der Waals surface area (Å²) in [6.45, 7) is 3.77. The second-order valence-corrected chi connectivity index (χ2v) is 9.69. The molecular formula is C23H24INO5S2. The highest BCUT2D eigenvalue weighted by molar-refractivity contribution is 14.1. The van der Waals surface area contributed by atoms with E-state index in [0.717, 1.165) is 20.4 Å². The van der Waals surface area contributed by atoms with Crippen molar-refractivity contribution in [1.82, 2.24) is 4.90 Å². The van der Waals surface area contributed by atoms with Crippen molar-refractivity contribution in [3.63, 3.8) is 0 Å². The summed E-state index contributed by atoms with van der Waals surface area (Å²) in [6.07, 6.45) is 1.81. The first-order chi connectivity index (χ1) is 15.4. The molecule has 0 radical (unpaired) electrons. The molecule has 0 N–H and O–H groups in total. The number of para-hydroxylation sites is 1. The van der Waals surface area contributed by atoms with Crippen LogP contribution in [0.2, 0.25) is 0 Å². The number of amides is 1. The summed E-state index contributed by atoms with van der Waals surface area (Å²) >= 11 is 8.67. The Morgan fingerprint density at radius 1 is 1.09 bits per heavy atom. The van der Waals surface area contributed by atoms with Crippen LogP contribution in [0, 0.1) is 10.5 Å². The van der Waals surface area contributed by atoms with Crippen molar-refractivity contribution in [2.45, 2.75) is 6.92 Å². The summed E-state index contributed by atoms with van der Waals surface area (Å²) < 4.78 is 24.2.